The molecule has 0 saturated heterocycles. The fraction of sp³-hybridized carbons (Fsp3) is 0.312. The van der Waals surface area contributed by atoms with Crippen molar-refractivity contribution >= 4 is 11.8 Å². The van der Waals surface area contributed by atoms with Crippen LogP contribution in [-0.2, 0) is 17.7 Å². The van der Waals surface area contributed by atoms with Crippen molar-refractivity contribution in [1.82, 2.24) is 9.55 Å². The molecule has 1 aliphatic carbocycles. The van der Waals surface area contributed by atoms with Gasteiger partial charge in [-0.3, -0.25) is 9.78 Å². The number of aryl methyl sites for hydroxylation is 1. The summed E-state index contributed by atoms with van der Waals surface area (Å²) in [5.74, 6) is -0.167. The lowest BCUT2D eigenvalue weighted by atomic mass is 9.95. The van der Waals surface area contributed by atoms with Gasteiger partial charge in [0.2, 0.25) is 0 Å². The highest BCUT2D eigenvalue weighted by molar-refractivity contribution is 5.98. The van der Waals surface area contributed by atoms with E-state index in [9.17, 15) is 9.59 Å². The largest absolute Gasteiger partial charge is 0.465 e. The van der Waals surface area contributed by atoms with Crippen molar-refractivity contribution < 1.29 is 14.3 Å². The van der Waals surface area contributed by atoms with Crippen LogP contribution in [0.2, 0.25) is 0 Å². The normalized spacial score (nSPS) is 13.9. The molecule has 0 atom stereocenters. The standard InChI is InChI=1S/C16H16N2O3/c1-21-16(20)11-5-6-13(17-7-11)9-18-8-12-3-2-4-15(19)14(12)10-18/h5-8,10H,2-4,9H2,1H3. The summed E-state index contributed by atoms with van der Waals surface area (Å²) in [6.07, 6.45) is 7.96. The van der Waals surface area contributed by atoms with Crippen LogP contribution in [0.1, 0.15) is 44.8 Å². The molecule has 5 heteroatoms. The molecular weight excluding hydrogens is 268 g/mol. The van der Waals surface area contributed by atoms with E-state index >= 15 is 0 Å². The molecule has 0 N–H and O–H groups in total. The van der Waals surface area contributed by atoms with Crippen molar-refractivity contribution in [2.75, 3.05) is 7.11 Å². The van der Waals surface area contributed by atoms with Crippen molar-refractivity contribution in [3.05, 3.63) is 53.1 Å². The Kier molecular flexibility index (Phi) is 3.56. The Balaban J connectivity index is 1.78. The molecule has 1 aliphatic rings. The van der Waals surface area contributed by atoms with Crippen LogP contribution < -0.4 is 0 Å². The summed E-state index contributed by atoms with van der Waals surface area (Å²) in [5, 5.41) is 0. The third-order valence-corrected chi connectivity index (χ3v) is 3.70. The van der Waals surface area contributed by atoms with E-state index in [1.807, 2.05) is 17.0 Å². The van der Waals surface area contributed by atoms with E-state index in [4.69, 9.17) is 0 Å². The summed E-state index contributed by atoms with van der Waals surface area (Å²) in [5.41, 5.74) is 3.23. The summed E-state index contributed by atoms with van der Waals surface area (Å²) >= 11 is 0. The summed E-state index contributed by atoms with van der Waals surface area (Å²) in [6, 6.07) is 3.50. The highest BCUT2D eigenvalue weighted by Crippen LogP contribution is 2.22. The number of pyridine rings is 1. The Bertz CT molecular complexity index is 686. The second kappa shape index (κ2) is 5.52. The van der Waals surface area contributed by atoms with Crippen LogP contribution in [0.15, 0.2) is 30.7 Å². The minimum atomic E-state index is -0.393. The summed E-state index contributed by atoms with van der Waals surface area (Å²) < 4.78 is 6.62. The lowest BCUT2D eigenvalue weighted by Gasteiger charge is -2.07. The van der Waals surface area contributed by atoms with Gasteiger partial charge < -0.3 is 9.30 Å². The number of hydrogen-bond acceptors (Lipinski definition) is 4. The number of ether oxygens (including phenoxy) is 1. The van der Waals surface area contributed by atoms with Crippen molar-refractivity contribution in [2.24, 2.45) is 0 Å². The van der Waals surface area contributed by atoms with Gasteiger partial charge in [0, 0.05) is 30.6 Å². The minimum Gasteiger partial charge on any atom is -0.465 e. The molecule has 2 aromatic rings. The molecule has 0 amide bonds. The number of methoxy groups -OCH3 is 1. The number of carbonyl (C=O) groups is 2. The van der Waals surface area contributed by atoms with Gasteiger partial charge in [-0.05, 0) is 30.5 Å². The summed E-state index contributed by atoms with van der Waals surface area (Å²) in [6.45, 7) is 0.585. The summed E-state index contributed by atoms with van der Waals surface area (Å²) in [4.78, 5) is 27.4. The first-order chi connectivity index (χ1) is 10.2. The zero-order valence-corrected chi connectivity index (χ0v) is 11.8. The molecule has 3 rings (SSSR count). The van der Waals surface area contributed by atoms with E-state index in [1.54, 1.807) is 12.1 Å². The maximum Gasteiger partial charge on any atom is 0.339 e. The molecule has 0 bridgehead atoms. The molecule has 5 nitrogen and oxygen atoms in total. The number of aromatic nitrogens is 2. The molecule has 2 heterocycles. The molecular formula is C16H16N2O3. The smallest absolute Gasteiger partial charge is 0.339 e. The van der Waals surface area contributed by atoms with E-state index in [0.717, 1.165) is 29.7 Å². The average Bonchev–Trinajstić information content (AvgIpc) is 2.91. The van der Waals surface area contributed by atoms with Gasteiger partial charge in [-0.15, -0.1) is 0 Å². The van der Waals surface area contributed by atoms with Gasteiger partial charge in [0.05, 0.1) is 24.9 Å². The highest BCUT2D eigenvalue weighted by atomic mass is 16.5. The topological polar surface area (TPSA) is 61.2 Å². The highest BCUT2D eigenvalue weighted by Gasteiger charge is 2.19. The van der Waals surface area contributed by atoms with Gasteiger partial charge in [0.25, 0.3) is 0 Å². The number of Topliss-reactive ketones (excluding diaryl/α,β-unsaturated/α-hetero) is 1. The van der Waals surface area contributed by atoms with Crippen LogP contribution in [-0.4, -0.2) is 28.4 Å². The Morgan fingerprint density at radius 2 is 2.19 bits per heavy atom. The molecule has 0 saturated carbocycles. The Morgan fingerprint density at radius 1 is 1.33 bits per heavy atom. The Morgan fingerprint density at radius 3 is 2.86 bits per heavy atom. The second-order valence-corrected chi connectivity index (χ2v) is 5.18. The third-order valence-electron chi connectivity index (χ3n) is 3.70. The number of hydrogen-bond donors (Lipinski definition) is 0. The van der Waals surface area contributed by atoms with E-state index in [-0.39, 0.29) is 5.78 Å². The van der Waals surface area contributed by atoms with Crippen LogP contribution in [0, 0.1) is 0 Å². The molecule has 21 heavy (non-hydrogen) atoms. The SMILES string of the molecule is COC(=O)c1ccc(Cn2cc3c(c2)C(=O)CCC3)nc1. The van der Waals surface area contributed by atoms with Crippen LogP contribution in [0.4, 0.5) is 0 Å². The fourth-order valence-corrected chi connectivity index (χ4v) is 2.62. The average molecular weight is 284 g/mol. The van der Waals surface area contributed by atoms with Gasteiger partial charge in [0.1, 0.15) is 0 Å². The fourth-order valence-electron chi connectivity index (χ4n) is 2.62. The molecule has 0 aromatic carbocycles. The number of carbonyl (C=O) groups excluding carboxylic acids is 2. The van der Waals surface area contributed by atoms with Gasteiger partial charge in [-0.2, -0.15) is 0 Å². The molecule has 2 aromatic heterocycles. The number of rotatable bonds is 3. The van der Waals surface area contributed by atoms with Crippen molar-refractivity contribution in [2.45, 2.75) is 25.8 Å². The number of fused-ring (bicyclic) bond motifs is 1. The quantitative estimate of drug-likeness (QED) is 0.811. The lowest BCUT2D eigenvalue weighted by molar-refractivity contribution is 0.0600. The van der Waals surface area contributed by atoms with Crippen molar-refractivity contribution in [3.8, 4) is 0 Å². The van der Waals surface area contributed by atoms with Gasteiger partial charge >= 0.3 is 5.97 Å². The Hall–Kier alpha value is -2.43. The molecule has 0 aliphatic heterocycles. The first kappa shape index (κ1) is 13.5. The van der Waals surface area contributed by atoms with Crippen LogP contribution in [0.5, 0.6) is 0 Å². The minimum absolute atomic E-state index is 0.226. The third kappa shape index (κ3) is 2.72. The molecule has 108 valence electrons. The van der Waals surface area contributed by atoms with Crippen molar-refractivity contribution in [1.29, 1.82) is 0 Å². The monoisotopic (exact) mass is 284 g/mol. The maximum absolute atomic E-state index is 11.8. The molecule has 0 radical (unpaired) electrons. The number of ketones is 1. The molecule has 0 unspecified atom stereocenters. The number of nitrogens with zero attached hydrogens (tertiary/aromatic N) is 2. The van der Waals surface area contributed by atoms with E-state index < -0.39 is 5.97 Å². The maximum atomic E-state index is 11.8. The predicted octanol–water partition coefficient (Wildman–Crippen LogP) is 2.24. The predicted molar refractivity (Wildman–Crippen MR) is 76.4 cm³/mol. The van der Waals surface area contributed by atoms with Crippen LogP contribution in [0.3, 0.4) is 0 Å². The van der Waals surface area contributed by atoms with Crippen LogP contribution in [0.25, 0.3) is 0 Å². The molecule has 0 spiro atoms. The van der Waals surface area contributed by atoms with Crippen LogP contribution >= 0.6 is 0 Å². The first-order valence-electron chi connectivity index (χ1n) is 6.92. The Labute approximate surface area is 122 Å². The number of esters is 1. The zero-order valence-electron chi connectivity index (χ0n) is 11.8. The summed E-state index contributed by atoms with van der Waals surface area (Å²) in [7, 11) is 1.34. The lowest BCUT2D eigenvalue weighted by Crippen LogP contribution is -2.07. The molecule has 0 fully saturated rings. The van der Waals surface area contributed by atoms with Gasteiger partial charge in [-0.1, -0.05) is 0 Å². The van der Waals surface area contributed by atoms with Crippen molar-refractivity contribution in [3.63, 3.8) is 0 Å². The van der Waals surface area contributed by atoms with Gasteiger partial charge in [-0.25, -0.2) is 4.79 Å². The first-order valence-corrected chi connectivity index (χ1v) is 6.92. The van der Waals surface area contributed by atoms with Gasteiger partial charge in [0.15, 0.2) is 5.78 Å². The van der Waals surface area contributed by atoms with E-state index in [0.29, 0.717) is 18.5 Å². The second-order valence-electron chi connectivity index (χ2n) is 5.18. The van der Waals surface area contributed by atoms with E-state index in [2.05, 4.69) is 9.72 Å². The van der Waals surface area contributed by atoms with E-state index in [1.165, 1.54) is 13.3 Å². The zero-order chi connectivity index (χ0) is 14.8.